The molecule has 0 bridgehead atoms. The topological polar surface area (TPSA) is 6.48 Å². The molecule has 2 aliphatic rings. The molecule has 0 radical (unpaired) electrons. The summed E-state index contributed by atoms with van der Waals surface area (Å²) in [5.41, 5.74) is 31.8. The molecule has 2 atom stereocenters. The molecule has 16 aromatic carbocycles. The second kappa shape index (κ2) is 25.3. The van der Waals surface area contributed by atoms with Crippen molar-refractivity contribution < 1.29 is 0 Å². The lowest BCUT2D eigenvalue weighted by Gasteiger charge is -2.35. The molecule has 2 aliphatic carbocycles. The maximum absolute atomic E-state index is 2.46. The standard InChI is InChI=1S/C98H68N2/c1-7-26-69(27-8-1)72-48-56-82(57-49-72)99(83-58-50-73(51-59-83)70-28-9-2-10-29-70)85-62-64-95-90(67-85)89-42-20-23-44-93(89)98(95,79-37-17-6-18-38-79)81-39-25-34-77(66-81)75-46-54-80(55-47-75)97(78-35-15-5-16-36-78)92-43-22-19-41-88(92)91-68-86(63-65-94(91)97)100(84-60-52-74(53-61-84)71-30-11-3-12-31-71)96-45-24-21-40-87(96)76-32-13-4-14-33-76/h1-68H. The van der Waals surface area contributed by atoms with Crippen molar-refractivity contribution in [3.05, 3.63) is 457 Å². The lowest BCUT2D eigenvalue weighted by molar-refractivity contribution is 0.768. The summed E-state index contributed by atoms with van der Waals surface area (Å²) in [5.74, 6) is 0. The van der Waals surface area contributed by atoms with E-state index < -0.39 is 10.8 Å². The number of fused-ring (bicyclic) bond motifs is 6. The first-order valence-corrected chi connectivity index (χ1v) is 34.6. The maximum Gasteiger partial charge on any atom is 0.0713 e. The predicted molar refractivity (Wildman–Crippen MR) is 418 cm³/mol. The van der Waals surface area contributed by atoms with Gasteiger partial charge < -0.3 is 9.80 Å². The Morgan fingerprint density at radius 3 is 0.900 bits per heavy atom. The summed E-state index contributed by atoms with van der Waals surface area (Å²) >= 11 is 0. The van der Waals surface area contributed by atoms with E-state index in [1.54, 1.807) is 0 Å². The number of anilines is 6. The number of rotatable bonds is 15. The summed E-state index contributed by atoms with van der Waals surface area (Å²) in [6, 6.07) is 152. The van der Waals surface area contributed by atoms with E-state index in [1.807, 2.05) is 0 Å². The van der Waals surface area contributed by atoms with Crippen LogP contribution in [0.15, 0.2) is 413 Å². The van der Waals surface area contributed by atoms with E-state index in [0.717, 1.165) is 50.8 Å². The van der Waals surface area contributed by atoms with Gasteiger partial charge >= 0.3 is 0 Å². The van der Waals surface area contributed by atoms with Crippen molar-refractivity contribution in [2.75, 3.05) is 9.80 Å². The Kier molecular flexibility index (Phi) is 15.1. The fourth-order valence-electron chi connectivity index (χ4n) is 16.3. The van der Waals surface area contributed by atoms with E-state index in [2.05, 4.69) is 422 Å². The van der Waals surface area contributed by atoms with E-state index in [1.165, 1.54) is 106 Å². The molecule has 0 heterocycles. The monoisotopic (exact) mass is 1270 g/mol. The molecule has 0 saturated heterocycles. The molecule has 2 nitrogen and oxygen atoms in total. The molecule has 2 unspecified atom stereocenters. The van der Waals surface area contributed by atoms with Crippen molar-refractivity contribution in [2.24, 2.45) is 0 Å². The predicted octanol–water partition coefficient (Wildman–Crippen LogP) is 25.7. The zero-order chi connectivity index (χ0) is 66.4. The molecule has 470 valence electrons. The van der Waals surface area contributed by atoms with Crippen LogP contribution < -0.4 is 9.80 Å². The van der Waals surface area contributed by atoms with Crippen LogP contribution in [0.4, 0.5) is 34.1 Å². The van der Waals surface area contributed by atoms with Gasteiger partial charge in [0.15, 0.2) is 0 Å². The molecule has 2 heteroatoms. The van der Waals surface area contributed by atoms with Gasteiger partial charge in [-0.05, 0) is 190 Å². The van der Waals surface area contributed by atoms with Crippen LogP contribution in [0.5, 0.6) is 0 Å². The molecule has 0 N–H and O–H groups in total. The Bertz CT molecular complexity index is 5520. The van der Waals surface area contributed by atoms with Crippen LogP contribution in [0, 0.1) is 0 Å². The Balaban J connectivity index is 0.750. The Morgan fingerprint density at radius 2 is 0.440 bits per heavy atom. The molecule has 100 heavy (non-hydrogen) atoms. The van der Waals surface area contributed by atoms with E-state index in [-0.39, 0.29) is 0 Å². The summed E-state index contributed by atoms with van der Waals surface area (Å²) in [6.07, 6.45) is 0. The molecular formula is C98H68N2. The summed E-state index contributed by atoms with van der Waals surface area (Å²) in [7, 11) is 0. The fourth-order valence-corrected chi connectivity index (χ4v) is 16.3. The molecule has 18 rings (SSSR count). The minimum atomic E-state index is -0.639. The number of hydrogen-bond donors (Lipinski definition) is 0. The zero-order valence-corrected chi connectivity index (χ0v) is 55.2. The van der Waals surface area contributed by atoms with Crippen molar-refractivity contribution in [1.82, 2.24) is 0 Å². The average Bonchev–Trinajstić information content (AvgIpc) is 1.53. The van der Waals surface area contributed by atoms with Gasteiger partial charge in [0.05, 0.1) is 16.5 Å². The van der Waals surface area contributed by atoms with Crippen LogP contribution in [-0.2, 0) is 10.8 Å². The fraction of sp³-hybridized carbons (Fsp3) is 0.0204. The Labute approximate surface area is 586 Å². The van der Waals surface area contributed by atoms with Crippen molar-refractivity contribution in [3.8, 4) is 77.9 Å². The summed E-state index contributed by atoms with van der Waals surface area (Å²) < 4.78 is 0. The molecular weight excluding hydrogens is 1210 g/mol. The minimum Gasteiger partial charge on any atom is -0.310 e. The van der Waals surface area contributed by atoms with E-state index in [0.29, 0.717) is 0 Å². The largest absolute Gasteiger partial charge is 0.310 e. The molecule has 0 amide bonds. The SMILES string of the molecule is c1ccc(-c2ccc(N(c3ccc(-c4ccccc4)cc3)c3ccc4c(c3)-c3ccccc3C4(c3ccccc3)c3cccc(-c4ccc(C5(c6ccccc6)c6ccccc6-c6cc(N(c7ccc(-c8ccccc8)cc7)c7ccccc7-c7ccccc7)ccc65)cc4)c3)cc2)cc1. The van der Waals surface area contributed by atoms with Crippen molar-refractivity contribution in [3.63, 3.8) is 0 Å². The van der Waals surface area contributed by atoms with Crippen LogP contribution in [0.25, 0.3) is 77.9 Å². The van der Waals surface area contributed by atoms with Crippen LogP contribution in [-0.4, -0.2) is 0 Å². The lowest BCUT2D eigenvalue weighted by Crippen LogP contribution is -2.28. The first-order valence-electron chi connectivity index (χ1n) is 34.6. The molecule has 0 aliphatic heterocycles. The quantitative estimate of drug-likeness (QED) is 0.101. The first-order chi connectivity index (χ1) is 49.6. The van der Waals surface area contributed by atoms with Gasteiger partial charge in [-0.3, -0.25) is 0 Å². The second-order valence-electron chi connectivity index (χ2n) is 26.2. The number of nitrogens with zero attached hydrogens (tertiary/aromatic N) is 2. The van der Waals surface area contributed by atoms with Gasteiger partial charge in [0.1, 0.15) is 0 Å². The number of para-hydroxylation sites is 1. The molecule has 16 aromatic rings. The molecule has 0 aromatic heterocycles. The van der Waals surface area contributed by atoms with Crippen LogP contribution in [0.1, 0.15) is 44.5 Å². The van der Waals surface area contributed by atoms with E-state index in [4.69, 9.17) is 0 Å². The normalized spacial score (nSPS) is 14.7. The number of benzene rings is 16. The van der Waals surface area contributed by atoms with Gasteiger partial charge in [-0.2, -0.15) is 0 Å². The third-order valence-electron chi connectivity index (χ3n) is 20.9. The van der Waals surface area contributed by atoms with Crippen molar-refractivity contribution in [1.29, 1.82) is 0 Å². The molecule has 0 fully saturated rings. The second-order valence-corrected chi connectivity index (χ2v) is 26.2. The van der Waals surface area contributed by atoms with Crippen molar-refractivity contribution >= 4 is 34.1 Å². The van der Waals surface area contributed by atoms with E-state index in [9.17, 15) is 0 Å². The van der Waals surface area contributed by atoms with Crippen LogP contribution in [0.2, 0.25) is 0 Å². The molecule has 0 spiro atoms. The smallest absolute Gasteiger partial charge is 0.0713 e. The highest BCUT2D eigenvalue weighted by molar-refractivity contribution is 5.95. The minimum absolute atomic E-state index is 0.628. The van der Waals surface area contributed by atoms with Gasteiger partial charge in [-0.15, -0.1) is 0 Å². The van der Waals surface area contributed by atoms with Gasteiger partial charge in [-0.1, -0.05) is 340 Å². The summed E-state index contributed by atoms with van der Waals surface area (Å²) in [5, 5.41) is 0. The van der Waals surface area contributed by atoms with Crippen molar-refractivity contribution in [2.45, 2.75) is 10.8 Å². The third kappa shape index (κ3) is 10.1. The number of hydrogen-bond acceptors (Lipinski definition) is 2. The lowest BCUT2D eigenvalue weighted by atomic mass is 9.67. The third-order valence-corrected chi connectivity index (χ3v) is 20.9. The van der Waals surface area contributed by atoms with E-state index >= 15 is 0 Å². The van der Waals surface area contributed by atoms with Gasteiger partial charge in [0, 0.05) is 34.0 Å². The zero-order valence-electron chi connectivity index (χ0n) is 55.2. The maximum atomic E-state index is 2.46. The Hall–Kier alpha value is -12.9. The summed E-state index contributed by atoms with van der Waals surface area (Å²) in [6.45, 7) is 0. The van der Waals surface area contributed by atoms with Gasteiger partial charge in [0.2, 0.25) is 0 Å². The highest BCUT2D eigenvalue weighted by atomic mass is 15.1. The van der Waals surface area contributed by atoms with Gasteiger partial charge in [0.25, 0.3) is 0 Å². The highest BCUT2D eigenvalue weighted by Crippen LogP contribution is 2.60. The first kappa shape index (κ1) is 59.6. The van der Waals surface area contributed by atoms with Gasteiger partial charge in [-0.25, -0.2) is 0 Å². The average molecular weight is 1270 g/mol. The highest BCUT2D eigenvalue weighted by Gasteiger charge is 2.48. The Morgan fingerprint density at radius 1 is 0.150 bits per heavy atom. The van der Waals surface area contributed by atoms with Crippen LogP contribution >= 0.6 is 0 Å². The van der Waals surface area contributed by atoms with Crippen LogP contribution in [0.3, 0.4) is 0 Å². The summed E-state index contributed by atoms with van der Waals surface area (Å²) in [4.78, 5) is 4.86. The molecule has 0 saturated carbocycles.